The molecule has 1 aliphatic carbocycles. The van der Waals surface area contributed by atoms with Crippen LogP contribution in [0, 0.1) is 36.5 Å². The van der Waals surface area contributed by atoms with Crippen LogP contribution in [-0.2, 0) is 23.8 Å². The zero-order valence-corrected chi connectivity index (χ0v) is 29.6. The molecule has 3 heterocycles. The van der Waals surface area contributed by atoms with Crippen molar-refractivity contribution >= 4 is 29.2 Å². The number of nitrogens with one attached hydrogen (secondary N) is 1. The number of phenols is 1. The molecule has 1 aromatic rings. The molecule has 3 aliphatic heterocycles. The van der Waals surface area contributed by atoms with Crippen molar-refractivity contribution in [1.29, 1.82) is 0 Å². The Morgan fingerprint density at radius 1 is 0.920 bits per heavy atom. The molecule has 0 spiro atoms. The van der Waals surface area contributed by atoms with Gasteiger partial charge in [0.1, 0.15) is 11.5 Å². The van der Waals surface area contributed by atoms with Crippen molar-refractivity contribution in [2.24, 2.45) is 29.6 Å². The third-order valence-electron chi connectivity index (χ3n) is 10.1. The van der Waals surface area contributed by atoms with Crippen LogP contribution in [0.3, 0.4) is 0 Å². The Morgan fingerprint density at radius 2 is 1.58 bits per heavy atom. The summed E-state index contributed by atoms with van der Waals surface area (Å²) in [6, 6.07) is 0. The lowest BCUT2D eigenvalue weighted by atomic mass is 9.73. The predicted octanol–water partition coefficient (Wildman–Crippen LogP) is 3.49. The number of hydrogen-bond donors (Lipinski definition) is 4. The molecule has 0 radical (unpaired) electrons. The lowest BCUT2D eigenvalue weighted by molar-refractivity contribution is -0.155. The molecular formula is C37H45NO12. The van der Waals surface area contributed by atoms with E-state index in [9.17, 15) is 39.3 Å². The molecule has 5 bridgehead atoms. The Morgan fingerprint density at radius 3 is 2.20 bits per heavy atom. The van der Waals surface area contributed by atoms with Gasteiger partial charge in [0.2, 0.25) is 5.78 Å². The first-order valence-corrected chi connectivity index (χ1v) is 16.3. The van der Waals surface area contributed by atoms with Gasteiger partial charge in [0.05, 0.1) is 60.0 Å². The number of ether oxygens (including phenoxy) is 4. The molecule has 0 aromatic heterocycles. The first-order chi connectivity index (χ1) is 23.4. The summed E-state index contributed by atoms with van der Waals surface area (Å²) in [5.41, 5.74) is -1.33. The molecule has 9 atom stereocenters. The SMILES string of the molecule is COC(=O)C1C(C)C(OC)/C=C/OC2(C)Oc3c(C)c(O)c4c(c3C2=O)C(=O)C=C(NC(=O)/C(C)=C\C=C\C(C)C(O)C(C)C(O)C1C)C4=O. The van der Waals surface area contributed by atoms with Crippen molar-refractivity contribution < 1.29 is 58.2 Å². The van der Waals surface area contributed by atoms with Gasteiger partial charge in [-0.15, -0.1) is 0 Å². The number of rotatable bonds is 2. The zero-order valence-electron chi connectivity index (χ0n) is 29.6. The van der Waals surface area contributed by atoms with Crippen LogP contribution in [0.4, 0.5) is 0 Å². The van der Waals surface area contributed by atoms with E-state index >= 15 is 0 Å². The minimum Gasteiger partial charge on any atom is -0.507 e. The van der Waals surface area contributed by atoms with Crippen LogP contribution in [0.15, 0.2) is 47.9 Å². The number of benzene rings is 1. The molecule has 0 saturated carbocycles. The maximum absolute atomic E-state index is 13.9. The molecule has 13 nitrogen and oxygen atoms in total. The van der Waals surface area contributed by atoms with E-state index in [-0.39, 0.29) is 28.0 Å². The largest absolute Gasteiger partial charge is 0.507 e. The number of aliphatic hydroxyl groups excluding tert-OH is 2. The Hall–Kier alpha value is -4.59. The van der Waals surface area contributed by atoms with Crippen molar-refractivity contribution in [1.82, 2.24) is 5.32 Å². The summed E-state index contributed by atoms with van der Waals surface area (Å²) in [5.74, 6) is -10.1. The van der Waals surface area contributed by atoms with Crippen LogP contribution in [0.2, 0.25) is 0 Å². The van der Waals surface area contributed by atoms with Crippen LogP contribution in [0.5, 0.6) is 11.5 Å². The molecule has 0 fully saturated rings. The standard InChI is InChI=1S/C37H45NO12/c1-16-11-10-12-17(2)35(45)38-22-15-23(39)26-27(32(22)43)31(42)21(6)33-28(26)34(44)37(7,50-33)49-14-13-24(47-8)18(3)25(36(46)48-9)19(4)30(41)20(5)29(16)40/h10-16,18-20,24-25,29-30,40-42H,1-9H3,(H,38,45)/b11-10+,14-13+,17-12-. The maximum Gasteiger partial charge on any atom is 0.312 e. The molecule has 4 aliphatic rings. The molecule has 270 valence electrons. The van der Waals surface area contributed by atoms with Crippen molar-refractivity contribution in [3.8, 4) is 11.5 Å². The fourth-order valence-electron chi connectivity index (χ4n) is 6.81. The lowest BCUT2D eigenvalue weighted by Gasteiger charge is -2.37. The summed E-state index contributed by atoms with van der Waals surface area (Å²) < 4.78 is 22.5. The number of carbonyl (C=O) groups is 5. The fourth-order valence-corrected chi connectivity index (χ4v) is 6.81. The average Bonchev–Trinajstić information content (AvgIpc) is 3.34. The molecule has 1 aromatic carbocycles. The lowest BCUT2D eigenvalue weighted by Crippen LogP contribution is -2.45. The minimum absolute atomic E-state index is 0.00579. The summed E-state index contributed by atoms with van der Waals surface area (Å²) in [4.78, 5) is 67.2. The molecule has 0 saturated heterocycles. The first kappa shape index (κ1) is 38.2. The van der Waals surface area contributed by atoms with Gasteiger partial charge in [-0.25, -0.2) is 0 Å². The van der Waals surface area contributed by atoms with Gasteiger partial charge in [-0.05, 0) is 31.8 Å². The average molecular weight is 696 g/mol. The van der Waals surface area contributed by atoms with E-state index in [2.05, 4.69) is 5.32 Å². The Kier molecular flexibility index (Phi) is 11.2. The van der Waals surface area contributed by atoms with Gasteiger partial charge in [-0.1, -0.05) is 45.9 Å². The minimum atomic E-state index is -2.04. The van der Waals surface area contributed by atoms with E-state index in [0.717, 1.165) is 12.3 Å². The summed E-state index contributed by atoms with van der Waals surface area (Å²) in [6.07, 6.45) is 5.10. The monoisotopic (exact) mass is 695 g/mol. The van der Waals surface area contributed by atoms with Gasteiger partial charge in [0, 0.05) is 43.1 Å². The van der Waals surface area contributed by atoms with E-state index in [4.69, 9.17) is 18.9 Å². The number of Topliss-reactive ketones (excluding diaryl/α,β-unsaturated/α-hetero) is 2. The number of allylic oxidation sites excluding steroid dienone is 4. The number of aromatic hydroxyl groups is 1. The van der Waals surface area contributed by atoms with E-state index in [0.29, 0.717) is 0 Å². The van der Waals surface area contributed by atoms with E-state index in [1.165, 1.54) is 47.1 Å². The molecule has 1 amide bonds. The normalized spacial score (nSPS) is 34.5. The van der Waals surface area contributed by atoms with Crippen LogP contribution in [-0.4, -0.2) is 82.9 Å². The van der Waals surface area contributed by atoms with Gasteiger partial charge >= 0.3 is 11.8 Å². The quantitative estimate of drug-likeness (QED) is 0.330. The number of methoxy groups -OCH3 is 2. The van der Waals surface area contributed by atoms with Crippen molar-refractivity contribution in [3.05, 3.63) is 70.2 Å². The van der Waals surface area contributed by atoms with Gasteiger partial charge in [0.15, 0.2) is 5.78 Å². The highest BCUT2D eigenvalue weighted by atomic mass is 16.7. The second kappa shape index (κ2) is 14.7. The molecule has 9 unspecified atom stereocenters. The third kappa shape index (κ3) is 6.77. The number of amides is 1. The van der Waals surface area contributed by atoms with Crippen LogP contribution in [0.25, 0.3) is 0 Å². The molecule has 4 N–H and O–H groups in total. The van der Waals surface area contributed by atoms with Crippen molar-refractivity contribution in [3.63, 3.8) is 0 Å². The van der Waals surface area contributed by atoms with E-state index in [1.54, 1.807) is 39.8 Å². The Balaban J connectivity index is 1.84. The van der Waals surface area contributed by atoms with Crippen molar-refractivity contribution in [2.75, 3.05) is 14.2 Å². The highest BCUT2D eigenvalue weighted by Crippen LogP contribution is 2.48. The van der Waals surface area contributed by atoms with E-state index in [1.807, 2.05) is 0 Å². The third-order valence-corrected chi connectivity index (χ3v) is 10.1. The number of fused-ring (bicyclic) bond motifs is 14. The van der Waals surface area contributed by atoms with Gasteiger partial charge in [0.25, 0.3) is 11.7 Å². The molecular weight excluding hydrogens is 650 g/mol. The van der Waals surface area contributed by atoms with Crippen molar-refractivity contribution in [2.45, 2.75) is 72.6 Å². The number of ketones is 3. The van der Waals surface area contributed by atoms with Gasteiger partial charge in [-0.3, -0.25) is 24.0 Å². The molecule has 5 rings (SSSR count). The number of aliphatic hydroxyl groups is 2. The summed E-state index contributed by atoms with van der Waals surface area (Å²) in [7, 11) is 2.64. The predicted molar refractivity (Wildman–Crippen MR) is 179 cm³/mol. The van der Waals surface area contributed by atoms with Crippen LogP contribution >= 0.6 is 0 Å². The topological polar surface area (TPSA) is 195 Å². The number of hydrogen-bond acceptors (Lipinski definition) is 12. The first-order valence-electron chi connectivity index (χ1n) is 16.3. The number of phenolic OH excluding ortho intramolecular Hbond substituents is 1. The summed E-state index contributed by atoms with van der Waals surface area (Å²) >= 11 is 0. The maximum atomic E-state index is 13.9. The van der Waals surface area contributed by atoms with Gasteiger partial charge in [-0.2, -0.15) is 0 Å². The fraction of sp³-hybridized carbons (Fsp3) is 0.486. The van der Waals surface area contributed by atoms with Crippen LogP contribution < -0.4 is 10.1 Å². The number of esters is 1. The Bertz CT molecular complexity index is 1720. The molecule has 13 heteroatoms. The van der Waals surface area contributed by atoms with E-state index < -0.39 is 99.9 Å². The second-order valence-electron chi connectivity index (χ2n) is 13.4. The molecule has 50 heavy (non-hydrogen) atoms. The number of carbonyl (C=O) groups excluding carboxylic acids is 5. The zero-order chi connectivity index (χ0) is 37.4. The highest BCUT2D eigenvalue weighted by molar-refractivity contribution is 6.30. The summed E-state index contributed by atoms with van der Waals surface area (Å²) in [5, 5.41) is 36.1. The summed E-state index contributed by atoms with van der Waals surface area (Å²) in [6.45, 7) is 11.0. The highest BCUT2D eigenvalue weighted by Gasteiger charge is 2.51. The van der Waals surface area contributed by atoms with Crippen LogP contribution in [0.1, 0.15) is 78.2 Å². The van der Waals surface area contributed by atoms with Gasteiger partial charge < -0.3 is 39.6 Å². The smallest absolute Gasteiger partial charge is 0.312 e. The second-order valence-corrected chi connectivity index (χ2v) is 13.4. The Labute approximate surface area is 290 Å².